The van der Waals surface area contributed by atoms with E-state index in [0.717, 1.165) is 61.6 Å². The molecule has 0 unspecified atom stereocenters. The van der Waals surface area contributed by atoms with Gasteiger partial charge in [-0.15, -0.1) is 0 Å². The number of benzene rings is 6. The number of para-hydroxylation sites is 3. The average Bonchev–Trinajstić information content (AvgIpc) is 3.64. The quantitative estimate of drug-likeness (QED) is 0.205. The molecule has 5 nitrogen and oxygen atoms in total. The Hall–Kier alpha value is -6.20. The van der Waals surface area contributed by atoms with Crippen molar-refractivity contribution in [2.24, 2.45) is 0 Å². The van der Waals surface area contributed by atoms with Crippen LogP contribution in [0, 0.1) is 0 Å². The molecule has 0 saturated heterocycles. The van der Waals surface area contributed by atoms with Crippen LogP contribution in [0.2, 0.25) is 0 Å². The summed E-state index contributed by atoms with van der Waals surface area (Å²) >= 11 is 0. The molecule has 3 aromatic heterocycles. The van der Waals surface area contributed by atoms with Crippen molar-refractivity contribution in [2.45, 2.75) is 0 Å². The van der Waals surface area contributed by atoms with Crippen LogP contribution in [0.5, 0.6) is 0 Å². The summed E-state index contributed by atoms with van der Waals surface area (Å²) in [6, 6.07) is 50.8. The average molecular weight is 577 g/mol. The van der Waals surface area contributed by atoms with E-state index < -0.39 is 0 Å². The molecule has 0 spiro atoms. The third kappa shape index (κ3) is 3.43. The molecular formula is C40H24N4O. The summed E-state index contributed by atoms with van der Waals surface area (Å²) in [5.74, 6) is 1.56. The van der Waals surface area contributed by atoms with Crippen molar-refractivity contribution in [2.75, 3.05) is 4.90 Å². The largest absolute Gasteiger partial charge is 0.452 e. The first kappa shape index (κ1) is 24.3. The molecule has 0 fully saturated rings. The Balaban J connectivity index is 1.37. The number of nitrogens with zero attached hydrogens (tertiary/aromatic N) is 4. The van der Waals surface area contributed by atoms with Gasteiger partial charge < -0.3 is 4.42 Å². The van der Waals surface area contributed by atoms with E-state index in [0.29, 0.717) is 11.5 Å². The second kappa shape index (κ2) is 9.15. The third-order valence-corrected chi connectivity index (χ3v) is 8.96. The standard InChI is InChI=1S/C40H24N4O/c1-2-13-26(14-3-1)37-39-38(30-18-8-11-21-35(30)45-39)42-40(41-37)44-33-20-10-7-17-29(33)28-16-6-9-19-32(28)43-34-23-22-25-12-4-5-15-27(25)31(34)24-36(43)44/h1-24H. The maximum absolute atomic E-state index is 6.44. The van der Waals surface area contributed by atoms with E-state index in [1.807, 2.05) is 36.4 Å². The zero-order valence-corrected chi connectivity index (χ0v) is 24.1. The van der Waals surface area contributed by atoms with Gasteiger partial charge in [-0.25, -0.2) is 9.97 Å². The summed E-state index contributed by atoms with van der Waals surface area (Å²) in [5.41, 5.74) is 9.54. The summed E-state index contributed by atoms with van der Waals surface area (Å²) in [6.07, 6.45) is 0. The van der Waals surface area contributed by atoms with Gasteiger partial charge in [0.05, 0.1) is 16.9 Å². The Morgan fingerprint density at radius 3 is 2.09 bits per heavy atom. The summed E-state index contributed by atoms with van der Waals surface area (Å²) in [4.78, 5) is 12.9. The monoisotopic (exact) mass is 576 g/mol. The van der Waals surface area contributed by atoms with Crippen LogP contribution in [0.15, 0.2) is 150 Å². The highest BCUT2D eigenvalue weighted by atomic mass is 16.3. The maximum atomic E-state index is 6.44. The zero-order valence-electron chi connectivity index (χ0n) is 24.1. The number of hydrogen-bond donors (Lipinski definition) is 0. The molecule has 1 aliphatic rings. The van der Waals surface area contributed by atoms with Gasteiger partial charge in [0.15, 0.2) is 5.58 Å². The lowest BCUT2D eigenvalue weighted by Crippen LogP contribution is -2.16. The normalized spacial score (nSPS) is 12.4. The van der Waals surface area contributed by atoms with Crippen LogP contribution in [0.3, 0.4) is 0 Å². The smallest absolute Gasteiger partial charge is 0.237 e. The molecule has 1 aliphatic heterocycles. The first-order chi connectivity index (χ1) is 22.3. The second-order valence-electron chi connectivity index (χ2n) is 11.4. The van der Waals surface area contributed by atoms with E-state index in [1.165, 1.54) is 16.2 Å². The highest BCUT2D eigenvalue weighted by Gasteiger charge is 2.31. The van der Waals surface area contributed by atoms with E-state index in [2.05, 4.69) is 119 Å². The summed E-state index contributed by atoms with van der Waals surface area (Å²) in [6.45, 7) is 0. The van der Waals surface area contributed by atoms with Gasteiger partial charge in [-0.2, -0.15) is 0 Å². The van der Waals surface area contributed by atoms with Crippen LogP contribution < -0.4 is 4.90 Å². The Morgan fingerprint density at radius 2 is 1.22 bits per heavy atom. The van der Waals surface area contributed by atoms with Gasteiger partial charge in [-0.05, 0) is 47.2 Å². The number of hydrogen-bond acceptors (Lipinski definition) is 4. The first-order valence-corrected chi connectivity index (χ1v) is 15.1. The molecule has 5 heteroatoms. The molecule has 9 aromatic rings. The van der Waals surface area contributed by atoms with Crippen LogP contribution in [-0.2, 0) is 0 Å². The number of rotatable bonds is 2. The number of anilines is 3. The lowest BCUT2D eigenvalue weighted by atomic mass is 10.0. The van der Waals surface area contributed by atoms with Crippen molar-refractivity contribution in [1.29, 1.82) is 0 Å². The molecule has 210 valence electrons. The third-order valence-electron chi connectivity index (χ3n) is 8.96. The topological polar surface area (TPSA) is 47.1 Å². The van der Waals surface area contributed by atoms with Crippen molar-refractivity contribution >= 4 is 61.2 Å². The van der Waals surface area contributed by atoms with Gasteiger partial charge in [0, 0.05) is 27.5 Å². The van der Waals surface area contributed by atoms with Crippen LogP contribution in [0.4, 0.5) is 17.5 Å². The van der Waals surface area contributed by atoms with Crippen LogP contribution in [0.1, 0.15) is 0 Å². The van der Waals surface area contributed by atoms with Crippen LogP contribution >= 0.6 is 0 Å². The molecule has 0 bridgehead atoms. The molecule has 0 N–H and O–H groups in total. The minimum atomic E-state index is 0.585. The minimum absolute atomic E-state index is 0.585. The van der Waals surface area contributed by atoms with E-state index in [-0.39, 0.29) is 0 Å². The summed E-state index contributed by atoms with van der Waals surface area (Å²) in [5, 5.41) is 4.56. The highest BCUT2D eigenvalue weighted by molar-refractivity contribution is 6.11. The van der Waals surface area contributed by atoms with Crippen molar-refractivity contribution in [3.63, 3.8) is 0 Å². The Labute approximate surface area is 258 Å². The highest BCUT2D eigenvalue weighted by Crippen LogP contribution is 2.49. The van der Waals surface area contributed by atoms with Crippen LogP contribution in [0.25, 0.3) is 71.8 Å². The van der Waals surface area contributed by atoms with Crippen molar-refractivity contribution < 1.29 is 4.42 Å². The van der Waals surface area contributed by atoms with Gasteiger partial charge in [0.25, 0.3) is 0 Å². The Bertz CT molecular complexity index is 2610. The van der Waals surface area contributed by atoms with E-state index in [4.69, 9.17) is 14.4 Å². The van der Waals surface area contributed by atoms with Crippen LogP contribution in [-0.4, -0.2) is 14.5 Å². The summed E-state index contributed by atoms with van der Waals surface area (Å²) in [7, 11) is 0. The fraction of sp³-hybridized carbons (Fsp3) is 0. The molecule has 0 atom stereocenters. The Morgan fingerprint density at radius 1 is 0.533 bits per heavy atom. The zero-order chi connectivity index (χ0) is 29.5. The summed E-state index contributed by atoms with van der Waals surface area (Å²) < 4.78 is 8.80. The molecule has 4 heterocycles. The fourth-order valence-electron chi connectivity index (χ4n) is 6.96. The molecule has 0 amide bonds. The van der Waals surface area contributed by atoms with Crippen molar-refractivity contribution in [3.05, 3.63) is 146 Å². The molecule has 6 aromatic carbocycles. The lowest BCUT2D eigenvalue weighted by Gasteiger charge is -2.24. The molecule has 0 aliphatic carbocycles. The molecule has 45 heavy (non-hydrogen) atoms. The number of furan rings is 1. The van der Waals surface area contributed by atoms with Gasteiger partial charge in [0.2, 0.25) is 5.95 Å². The fourth-order valence-corrected chi connectivity index (χ4v) is 6.96. The predicted molar refractivity (Wildman–Crippen MR) is 183 cm³/mol. The Kier molecular flexibility index (Phi) is 4.93. The lowest BCUT2D eigenvalue weighted by molar-refractivity contribution is 0.667. The van der Waals surface area contributed by atoms with E-state index in [9.17, 15) is 0 Å². The van der Waals surface area contributed by atoms with E-state index in [1.54, 1.807) is 0 Å². The molecule has 10 rings (SSSR count). The second-order valence-corrected chi connectivity index (χ2v) is 11.4. The predicted octanol–water partition coefficient (Wildman–Crippen LogP) is 10.6. The minimum Gasteiger partial charge on any atom is -0.452 e. The molecular weight excluding hydrogens is 552 g/mol. The number of fused-ring (bicyclic) bond motifs is 12. The van der Waals surface area contributed by atoms with Crippen molar-refractivity contribution in [3.8, 4) is 28.1 Å². The van der Waals surface area contributed by atoms with E-state index >= 15 is 0 Å². The van der Waals surface area contributed by atoms with Gasteiger partial charge in [0.1, 0.15) is 22.6 Å². The first-order valence-electron chi connectivity index (χ1n) is 15.1. The molecule has 0 saturated carbocycles. The SMILES string of the molecule is c1ccc(-c2nc(N3c4ccccc4-c4ccccc4-n4c3cc3c5ccccc5ccc34)nc3c2oc2ccccc23)cc1. The molecule has 0 radical (unpaired) electrons. The van der Waals surface area contributed by atoms with Gasteiger partial charge in [-0.1, -0.05) is 109 Å². The van der Waals surface area contributed by atoms with Gasteiger partial charge in [-0.3, -0.25) is 9.47 Å². The maximum Gasteiger partial charge on any atom is 0.237 e. The van der Waals surface area contributed by atoms with Gasteiger partial charge >= 0.3 is 0 Å². The van der Waals surface area contributed by atoms with Crippen molar-refractivity contribution in [1.82, 2.24) is 14.5 Å². The number of aromatic nitrogens is 3.